The average molecular weight is 272 g/mol. The van der Waals surface area contributed by atoms with Crippen molar-refractivity contribution in [3.05, 3.63) is 16.6 Å². The van der Waals surface area contributed by atoms with Crippen LogP contribution in [0.15, 0.2) is 10.9 Å². The number of aryl methyl sites for hydroxylation is 1. The van der Waals surface area contributed by atoms with Crippen molar-refractivity contribution in [3.8, 4) is 0 Å². The number of hydrogen-bond acceptors (Lipinski definition) is 2. The number of halogens is 1. The van der Waals surface area contributed by atoms with Crippen molar-refractivity contribution in [2.24, 2.45) is 0 Å². The van der Waals surface area contributed by atoms with Crippen LogP contribution in [0.25, 0.3) is 0 Å². The molecule has 4 heteroatoms. The molecule has 0 saturated carbocycles. The molecule has 0 N–H and O–H groups in total. The summed E-state index contributed by atoms with van der Waals surface area (Å²) >= 11 is 3.52. The van der Waals surface area contributed by atoms with Gasteiger partial charge in [-0.3, -0.25) is 0 Å². The van der Waals surface area contributed by atoms with E-state index >= 15 is 0 Å². The molecule has 0 radical (unpaired) electrons. The van der Waals surface area contributed by atoms with Gasteiger partial charge in [0.05, 0.1) is 12.0 Å². The van der Waals surface area contributed by atoms with Crippen molar-refractivity contribution in [1.82, 2.24) is 14.5 Å². The first-order chi connectivity index (χ1) is 7.26. The lowest BCUT2D eigenvalue weighted by Gasteiger charge is -2.33. The molecule has 1 aromatic heterocycles. The van der Waals surface area contributed by atoms with E-state index < -0.39 is 0 Å². The van der Waals surface area contributed by atoms with Crippen molar-refractivity contribution >= 4 is 15.9 Å². The van der Waals surface area contributed by atoms with E-state index in [9.17, 15) is 0 Å². The minimum Gasteiger partial charge on any atom is -0.333 e. The minimum absolute atomic E-state index is 0.695. The number of rotatable bonds is 3. The Hall–Kier alpha value is -0.350. The molecule has 0 bridgehead atoms. The second-order valence-corrected chi connectivity index (χ2v) is 4.79. The lowest BCUT2D eigenvalue weighted by atomic mass is 10.0. The Morgan fingerprint density at radius 2 is 2.27 bits per heavy atom. The van der Waals surface area contributed by atoms with Gasteiger partial charge in [0.15, 0.2) is 0 Å². The summed E-state index contributed by atoms with van der Waals surface area (Å²) in [5, 5.41) is 0. The van der Waals surface area contributed by atoms with E-state index in [-0.39, 0.29) is 0 Å². The molecule has 0 fully saturated rings. The van der Waals surface area contributed by atoms with Gasteiger partial charge in [0.25, 0.3) is 0 Å². The standard InChI is InChI=1S/C11H18BrN3/c1-3-14(4-2)9-5-6-15-8-13-11(12)10(15)7-9/h8-9H,3-7H2,1-2H3. The van der Waals surface area contributed by atoms with E-state index in [0.717, 1.165) is 30.7 Å². The summed E-state index contributed by atoms with van der Waals surface area (Å²) in [4.78, 5) is 6.85. The number of hydrogen-bond donors (Lipinski definition) is 0. The topological polar surface area (TPSA) is 21.1 Å². The van der Waals surface area contributed by atoms with Crippen LogP contribution >= 0.6 is 15.9 Å². The first-order valence-electron chi connectivity index (χ1n) is 5.69. The lowest BCUT2D eigenvalue weighted by molar-refractivity contribution is 0.184. The van der Waals surface area contributed by atoms with Crippen molar-refractivity contribution in [1.29, 1.82) is 0 Å². The molecule has 1 unspecified atom stereocenters. The summed E-state index contributed by atoms with van der Waals surface area (Å²) in [6.45, 7) is 7.88. The van der Waals surface area contributed by atoms with E-state index in [4.69, 9.17) is 0 Å². The number of likely N-dealkylation sites (N-methyl/N-ethyl adjacent to an activating group) is 1. The summed E-state index contributed by atoms with van der Waals surface area (Å²) < 4.78 is 3.30. The largest absolute Gasteiger partial charge is 0.333 e. The zero-order valence-corrected chi connectivity index (χ0v) is 11.0. The highest BCUT2D eigenvalue weighted by atomic mass is 79.9. The van der Waals surface area contributed by atoms with Crippen LogP contribution in [-0.2, 0) is 13.0 Å². The second kappa shape index (κ2) is 4.66. The molecule has 1 atom stereocenters. The smallest absolute Gasteiger partial charge is 0.127 e. The molecule has 0 aliphatic carbocycles. The van der Waals surface area contributed by atoms with Crippen LogP contribution < -0.4 is 0 Å². The third kappa shape index (κ3) is 2.11. The first kappa shape index (κ1) is 11.1. The lowest BCUT2D eigenvalue weighted by Crippen LogP contribution is -2.40. The van der Waals surface area contributed by atoms with E-state index in [1.54, 1.807) is 0 Å². The highest BCUT2D eigenvalue weighted by Crippen LogP contribution is 2.24. The molecule has 1 aliphatic heterocycles. The van der Waals surface area contributed by atoms with Crippen LogP contribution in [0.3, 0.4) is 0 Å². The van der Waals surface area contributed by atoms with Crippen molar-refractivity contribution < 1.29 is 0 Å². The van der Waals surface area contributed by atoms with Gasteiger partial charge in [-0.05, 0) is 35.4 Å². The van der Waals surface area contributed by atoms with E-state index in [0.29, 0.717) is 6.04 Å². The SMILES string of the molecule is CCN(CC)C1CCn2cnc(Br)c2C1. The van der Waals surface area contributed by atoms with Gasteiger partial charge in [-0.2, -0.15) is 0 Å². The molecule has 2 heterocycles. The molecular weight excluding hydrogens is 254 g/mol. The van der Waals surface area contributed by atoms with Gasteiger partial charge >= 0.3 is 0 Å². The van der Waals surface area contributed by atoms with Gasteiger partial charge in [0.2, 0.25) is 0 Å². The monoisotopic (exact) mass is 271 g/mol. The fourth-order valence-corrected chi connectivity index (χ4v) is 2.92. The summed E-state index contributed by atoms with van der Waals surface area (Å²) in [5.74, 6) is 0. The average Bonchev–Trinajstić information content (AvgIpc) is 2.62. The van der Waals surface area contributed by atoms with E-state index in [2.05, 4.69) is 44.2 Å². The van der Waals surface area contributed by atoms with Gasteiger partial charge < -0.3 is 9.47 Å². The molecule has 0 amide bonds. The third-order valence-electron chi connectivity index (χ3n) is 3.36. The normalized spacial score (nSPS) is 20.7. The Morgan fingerprint density at radius 1 is 1.53 bits per heavy atom. The predicted octanol–water partition coefficient (Wildman–Crippen LogP) is 2.30. The van der Waals surface area contributed by atoms with Gasteiger partial charge in [-0.25, -0.2) is 4.98 Å². The summed E-state index contributed by atoms with van der Waals surface area (Å²) in [6.07, 6.45) is 4.32. The molecular formula is C11H18BrN3. The van der Waals surface area contributed by atoms with Crippen LogP contribution in [0.2, 0.25) is 0 Å². The van der Waals surface area contributed by atoms with E-state index in [1.807, 2.05) is 6.33 Å². The number of aromatic nitrogens is 2. The molecule has 15 heavy (non-hydrogen) atoms. The van der Waals surface area contributed by atoms with Gasteiger partial charge in [0, 0.05) is 19.0 Å². The number of nitrogens with zero attached hydrogens (tertiary/aromatic N) is 3. The summed E-state index contributed by atoms with van der Waals surface area (Å²) in [7, 11) is 0. The van der Waals surface area contributed by atoms with E-state index in [1.165, 1.54) is 12.1 Å². The maximum Gasteiger partial charge on any atom is 0.127 e. The van der Waals surface area contributed by atoms with Crippen molar-refractivity contribution in [3.63, 3.8) is 0 Å². The highest BCUT2D eigenvalue weighted by molar-refractivity contribution is 9.10. The van der Waals surface area contributed by atoms with Crippen molar-refractivity contribution in [2.75, 3.05) is 13.1 Å². The predicted molar refractivity (Wildman–Crippen MR) is 65.0 cm³/mol. The Kier molecular flexibility index (Phi) is 3.46. The Bertz CT molecular complexity index is 331. The zero-order valence-electron chi connectivity index (χ0n) is 9.41. The van der Waals surface area contributed by atoms with Gasteiger partial charge in [-0.15, -0.1) is 0 Å². The Balaban J connectivity index is 2.13. The number of imidazole rings is 1. The molecule has 1 aliphatic rings. The Labute approximate surface area is 99.6 Å². The molecule has 3 nitrogen and oxygen atoms in total. The maximum absolute atomic E-state index is 4.30. The maximum atomic E-state index is 4.30. The van der Waals surface area contributed by atoms with Crippen molar-refractivity contribution in [2.45, 2.75) is 39.3 Å². The summed E-state index contributed by atoms with van der Waals surface area (Å²) in [5.41, 5.74) is 1.36. The highest BCUT2D eigenvalue weighted by Gasteiger charge is 2.24. The molecule has 0 spiro atoms. The third-order valence-corrected chi connectivity index (χ3v) is 4.02. The zero-order chi connectivity index (χ0) is 10.8. The molecule has 0 saturated heterocycles. The second-order valence-electron chi connectivity index (χ2n) is 4.04. The minimum atomic E-state index is 0.695. The first-order valence-corrected chi connectivity index (χ1v) is 6.49. The number of fused-ring (bicyclic) bond motifs is 1. The molecule has 0 aromatic carbocycles. The van der Waals surface area contributed by atoms with Crippen LogP contribution in [0.4, 0.5) is 0 Å². The molecule has 84 valence electrons. The van der Waals surface area contributed by atoms with Crippen LogP contribution in [0.5, 0.6) is 0 Å². The fourth-order valence-electron chi connectivity index (χ4n) is 2.44. The summed E-state index contributed by atoms with van der Waals surface area (Å²) in [6, 6.07) is 0.695. The van der Waals surface area contributed by atoms with Gasteiger partial charge in [0.1, 0.15) is 4.60 Å². The molecule has 2 rings (SSSR count). The Morgan fingerprint density at radius 3 is 2.93 bits per heavy atom. The van der Waals surface area contributed by atoms with Gasteiger partial charge in [-0.1, -0.05) is 13.8 Å². The quantitative estimate of drug-likeness (QED) is 0.842. The van der Waals surface area contributed by atoms with Crippen LogP contribution in [0, 0.1) is 0 Å². The molecule has 1 aromatic rings. The fraction of sp³-hybridized carbons (Fsp3) is 0.727. The van der Waals surface area contributed by atoms with Crippen LogP contribution in [0.1, 0.15) is 26.0 Å². The van der Waals surface area contributed by atoms with Crippen LogP contribution in [-0.4, -0.2) is 33.6 Å².